The van der Waals surface area contributed by atoms with Crippen LogP contribution >= 0.6 is 11.3 Å². The molecule has 1 aromatic carbocycles. The zero-order chi connectivity index (χ0) is 19.0. The van der Waals surface area contributed by atoms with E-state index in [4.69, 9.17) is 4.98 Å². The molecule has 3 heterocycles. The number of hydrogen-bond donors (Lipinski definition) is 1. The van der Waals surface area contributed by atoms with Crippen molar-refractivity contribution in [2.24, 2.45) is 0 Å². The Balaban J connectivity index is 1.45. The Morgan fingerprint density at radius 2 is 1.93 bits per heavy atom. The van der Waals surface area contributed by atoms with Gasteiger partial charge >= 0.3 is 0 Å². The highest BCUT2D eigenvalue weighted by Crippen LogP contribution is 2.27. The third-order valence-electron chi connectivity index (χ3n) is 4.49. The minimum absolute atomic E-state index is 0.0294. The van der Waals surface area contributed by atoms with Gasteiger partial charge in [-0.25, -0.2) is 9.50 Å². The Morgan fingerprint density at radius 3 is 2.63 bits per heavy atom. The van der Waals surface area contributed by atoms with Crippen molar-refractivity contribution >= 4 is 21.4 Å². The fraction of sp³-hybridized carbons (Fsp3) is 0.350. The second-order valence-electron chi connectivity index (χ2n) is 7.83. The van der Waals surface area contributed by atoms with E-state index in [2.05, 4.69) is 61.5 Å². The van der Waals surface area contributed by atoms with E-state index in [0.717, 1.165) is 27.9 Å². The molecule has 7 heteroatoms. The Hall–Kier alpha value is -2.67. The molecule has 0 aliphatic heterocycles. The molecule has 0 bridgehead atoms. The average molecular weight is 381 g/mol. The lowest BCUT2D eigenvalue weighted by atomic mass is 9.93. The Bertz CT molecular complexity index is 1010. The Morgan fingerprint density at radius 1 is 1.15 bits per heavy atom. The number of benzene rings is 1. The van der Waals surface area contributed by atoms with Crippen LogP contribution in [0.15, 0.2) is 48.9 Å². The number of fused-ring (bicyclic) bond motifs is 1. The molecule has 6 nitrogen and oxygen atoms in total. The summed E-state index contributed by atoms with van der Waals surface area (Å²) in [5.74, 6) is 0. The molecule has 1 unspecified atom stereocenters. The molecule has 0 spiro atoms. The highest BCUT2D eigenvalue weighted by Gasteiger charge is 2.20. The van der Waals surface area contributed by atoms with Gasteiger partial charge in [-0.3, -0.25) is 4.68 Å². The van der Waals surface area contributed by atoms with Crippen LogP contribution in [0.4, 0.5) is 5.13 Å². The Kier molecular flexibility index (Phi) is 4.47. The highest BCUT2D eigenvalue weighted by atomic mass is 32.1. The van der Waals surface area contributed by atoms with Crippen LogP contribution < -0.4 is 5.32 Å². The number of aromatic nitrogens is 5. The predicted molar refractivity (Wildman–Crippen MR) is 109 cm³/mol. The molecule has 0 saturated carbocycles. The minimum atomic E-state index is 0.0294. The van der Waals surface area contributed by atoms with Crippen molar-refractivity contribution < 1.29 is 0 Å². The van der Waals surface area contributed by atoms with Crippen molar-refractivity contribution in [1.29, 1.82) is 0 Å². The summed E-state index contributed by atoms with van der Waals surface area (Å²) in [6, 6.07) is 10.5. The lowest BCUT2D eigenvalue weighted by molar-refractivity contribution is 0.572. The summed E-state index contributed by atoms with van der Waals surface area (Å²) >= 11 is 1.57. The first-order valence-electron chi connectivity index (χ1n) is 9.08. The molecule has 0 radical (unpaired) electrons. The van der Waals surface area contributed by atoms with Crippen molar-refractivity contribution in [3.63, 3.8) is 0 Å². The van der Waals surface area contributed by atoms with Crippen LogP contribution in [0, 0.1) is 0 Å². The molecule has 3 aromatic heterocycles. The largest absolute Gasteiger partial charge is 0.353 e. The zero-order valence-corrected chi connectivity index (χ0v) is 16.9. The van der Waals surface area contributed by atoms with Crippen LogP contribution in [0.3, 0.4) is 0 Å². The van der Waals surface area contributed by atoms with E-state index in [9.17, 15) is 0 Å². The second kappa shape index (κ2) is 6.81. The monoisotopic (exact) mass is 380 g/mol. The first-order valence-corrected chi connectivity index (χ1v) is 9.89. The summed E-state index contributed by atoms with van der Waals surface area (Å²) < 4.78 is 3.83. The van der Waals surface area contributed by atoms with Gasteiger partial charge in [0.25, 0.3) is 0 Å². The van der Waals surface area contributed by atoms with Crippen molar-refractivity contribution in [3.05, 3.63) is 65.7 Å². The van der Waals surface area contributed by atoms with Gasteiger partial charge in [-0.1, -0.05) is 62.4 Å². The van der Waals surface area contributed by atoms with Gasteiger partial charge in [-0.05, 0) is 12.5 Å². The molecule has 0 amide bonds. The smallest absolute Gasteiger partial charge is 0.214 e. The van der Waals surface area contributed by atoms with Gasteiger partial charge in [-0.15, -0.1) is 5.10 Å². The summed E-state index contributed by atoms with van der Waals surface area (Å²) in [6.07, 6.45) is 6.01. The van der Waals surface area contributed by atoms with Crippen LogP contribution in [0.2, 0.25) is 0 Å². The van der Waals surface area contributed by atoms with Gasteiger partial charge in [0.15, 0.2) is 0 Å². The summed E-state index contributed by atoms with van der Waals surface area (Å²) in [5, 5.41) is 13.4. The third kappa shape index (κ3) is 3.88. The van der Waals surface area contributed by atoms with Crippen LogP contribution in [0.25, 0.3) is 4.96 Å². The van der Waals surface area contributed by atoms with E-state index in [-0.39, 0.29) is 11.5 Å². The van der Waals surface area contributed by atoms with Crippen LogP contribution in [0.1, 0.15) is 50.6 Å². The molecule has 0 saturated heterocycles. The third-order valence-corrected chi connectivity index (χ3v) is 5.35. The second-order valence-corrected chi connectivity index (χ2v) is 8.79. The number of nitrogens with zero attached hydrogens (tertiary/aromatic N) is 5. The molecule has 4 rings (SSSR count). The highest BCUT2D eigenvalue weighted by molar-refractivity contribution is 7.20. The van der Waals surface area contributed by atoms with Crippen molar-refractivity contribution in [3.8, 4) is 0 Å². The zero-order valence-electron chi connectivity index (χ0n) is 16.0. The first-order chi connectivity index (χ1) is 12.9. The van der Waals surface area contributed by atoms with E-state index in [1.807, 2.05) is 39.8 Å². The number of hydrogen-bond acceptors (Lipinski definition) is 5. The van der Waals surface area contributed by atoms with Crippen molar-refractivity contribution in [2.75, 3.05) is 5.32 Å². The fourth-order valence-corrected chi connectivity index (χ4v) is 3.72. The Labute approximate surface area is 162 Å². The van der Waals surface area contributed by atoms with E-state index in [1.165, 1.54) is 5.56 Å². The van der Waals surface area contributed by atoms with Crippen LogP contribution in [-0.2, 0) is 12.0 Å². The molecule has 1 N–H and O–H groups in total. The molecular formula is C20H24N6S. The maximum atomic E-state index is 4.70. The maximum absolute atomic E-state index is 4.70. The lowest BCUT2D eigenvalue weighted by Gasteiger charge is -2.13. The molecular weight excluding hydrogens is 356 g/mol. The molecule has 0 aliphatic rings. The lowest BCUT2D eigenvalue weighted by Crippen LogP contribution is -2.11. The summed E-state index contributed by atoms with van der Waals surface area (Å²) in [4.78, 5) is 5.61. The quantitative estimate of drug-likeness (QED) is 0.553. The maximum Gasteiger partial charge on any atom is 0.214 e. The molecule has 4 aromatic rings. The van der Waals surface area contributed by atoms with E-state index >= 15 is 0 Å². The molecule has 0 fully saturated rings. The normalized spacial score (nSPS) is 13.2. The van der Waals surface area contributed by atoms with Gasteiger partial charge in [0.1, 0.15) is 0 Å². The van der Waals surface area contributed by atoms with Crippen LogP contribution in [-0.4, -0.2) is 24.4 Å². The standard InChI is InChI=1S/C20H24N6S/c1-14(16-10-21-25(12-16)11-15-8-6-5-7-9-15)22-18-24-26-13-17(20(2,3)4)23-19(26)27-18/h5-10,12-14H,11H2,1-4H3,(H,22,24). The van der Waals surface area contributed by atoms with Crippen molar-refractivity contribution in [1.82, 2.24) is 24.4 Å². The SMILES string of the molecule is CC(Nc1nn2cc(C(C)(C)C)nc2s1)c1cnn(Cc2ccccc2)c1. The topological polar surface area (TPSA) is 60.0 Å². The first kappa shape index (κ1) is 17.7. The van der Waals surface area contributed by atoms with E-state index < -0.39 is 0 Å². The van der Waals surface area contributed by atoms with Crippen molar-refractivity contribution in [2.45, 2.75) is 45.7 Å². The van der Waals surface area contributed by atoms with Crippen LogP contribution in [0.5, 0.6) is 0 Å². The van der Waals surface area contributed by atoms with Gasteiger partial charge < -0.3 is 5.32 Å². The van der Waals surface area contributed by atoms with Gasteiger partial charge in [0.2, 0.25) is 10.1 Å². The molecule has 27 heavy (non-hydrogen) atoms. The number of imidazole rings is 1. The van der Waals surface area contributed by atoms with Gasteiger partial charge in [0.05, 0.1) is 30.7 Å². The molecule has 1 atom stereocenters. The summed E-state index contributed by atoms with van der Waals surface area (Å²) in [7, 11) is 0. The van der Waals surface area contributed by atoms with E-state index in [0.29, 0.717) is 0 Å². The number of rotatable bonds is 5. The van der Waals surface area contributed by atoms with Gasteiger partial charge in [0, 0.05) is 17.2 Å². The summed E-state index contributed by atoms with van der Waals surface area (Å²) in [5.41, 5.74) is 3.46. The predicted octanol–water partition coefficient (Wildman–Crippen LogP) is 4.51. The summed E-state index contributed by atoms with van der Waals surface area (Å²) in [6.45, 7) is 9.37. The van der Waals surface area contributed by atoms with Gasteiger partial charge in [-0.2, -0.15) is 5.10 Å². The fourth-order valence-electron chi connectivity index (χ4n) is 2.85. The number of nitrogens with one attached hydrogen (secondary N) is 1. The average Bonchev–Trinajstić information content (AvgIpc) is 3.29. The number of anilines is 1. The van der Waals surface area contributed by atoms with E-state index in [1.54, 1.807) is 11.3 Å². The minimum Gasteiger partial charge on any atom is -0.353 e. The molecule has 140 valence electrons. The molecule has 0 aliphatic carbocycles.